The van der Waals surface area contributed by atoms with Gasteiger partial charge in [0.1, 0.15) is 11.4 Å². The van der Waals surface area contributed by atoms with E-state index in [9.17, 15) is 28.8 Å². The van der Waals surface area contributed by atoms with Crippen LogP contribution in [0.25, 0.3) is 0 Å². The van der Waals surface area contributed by atoms with E-state index >= 15 is 0 Å². The van der Waals surface area contributed by atoms with Crippen LogP contribution in [-0.4, -0.2) is 73.3 Å². The van der Waals surface area contributed by atoms with Crippen LogP contribution in [-0.2, 0) is 32.0 Å². The predicted molar refractivity (Wildman–Crippen MR) is 255 cm³/mol. The number of hydrogen-bond donors (Lipinski definition) is 4. The lowest BCUT2D eigenvalue weighted by molar-refractivity contribution is -0.127. The van der Waals surface area contributed by atoms with E-state index in [0.717, 1.165) is 25.0 Å². The second kappa shape index (κ2) is 24.0. The minimum absolute atomic E-state index is 0.00819. The summed E-state index contributed by atoms with van der Waals surface area (Å²) < 4.78 is 11.1. The Morgan fingerprint density at radius 3 is 1.26 bits per heavy atom. The molecule has 0 saturated carbocycles. The summed E-state index contributed by atoms with van der Waals surface area (Å²) in [5.41, 5.74) is 3.24. The number of nitrogens with zero attached hydrogens (tertiary/aromatic N) is 4. The number of Topliss-reactive ketones (excluding diaryl/α,β-unsaturated/α-hetero) is 2. The van der Waals surface area contributed by atoms with Crippen LogP contribution in [0.5, 0.6) is 11.5 Å². The van der Waals surface area contributed by atoms with Crippen LogP contribution in [0.2, 0.25) is 10.0 Å². The second-order valence-corrected chi connectivity index (χ2v) is 15.7. The fourth-order valence-electron chi connectivity index (χ4n) is 6.22. The molecule has 20 heteroatoms. The Balaban J connectivity index is 1.31. The average molecular weight is 977 g/mol. The number of anilines is 4. The largest absolute Gasteiger partial charge is 0.491 e. The number of benzene rings is 5. The summed E-state index contributed by atoms with van der Waals surface area (Å²) in [5, 5.41) is 27.1. The molecule has 4 amide bonds. The van der Waals surface area contributed by atoms with Crippen molar-refractivity contribution in [3.8, 4) is 11.5 Å². The van der Waals surface area contributed by atoms with E-state index in [-0.39, 0.29) is 55.4 Å². The summed E-state index contributed by atoms with van der Waals surface area (Å²) in [6.45, 7) is 2.28. The highest BCUT2D eigenvalue weighted by Crippen LogP contribution is 2.42. The van der Waals surface area contributed by atoms with Gasteiger partial charge in [0.15, 0.2) is 23.1 Å². The normalized spacial score (nSPS) is 12.0. The van der Waals surface area contributed by atoms with Crippen molar-refractivity contribution in [1.82, 2.24) is 0 Å². The zero-order chi connectivity index (χ0) is 47.9. The number of azo groups is 2. The fraction of sp³-hybridized carbons (Fsp3) is 0.217. The van der Waals surface area contributed by atoms with Gasteiger partial charge in [0.25, 0.3) is 23.6 Å². The molecule has 0 heterocycles. The van der Waals surface area contributed by atoms with Crippen molar-refractivity contribution in [3.63, 3.8) is 0 Å². The van der Waals surface area contributed by atoms with Crippen LogP contribution in [0.3, 0.4) is 0 Å². The molecular weight excluding hydrogens is 934 g/mol. The standard InChI is InChI=1S/C46H42Cl4N8O8/c1-25(59)39(57-55-37-23-29(13-15-31(37)49)43(61)51-33-11-7-5-9-27(33)19-21-47)45(63)53-35-17-18-36(42(66-4)41(35)65-3)54-46(64)40(26(2)60)58-56-38-24-30(14-16-32(38)50)44(62)52-34-12-8-6-10-28(34)20-22-48/h5-18,23-24,39-40H,19-22H2,1-4H3,(H,51,61)(H,52,62)(H,53,63)(H,54,64). The number of rotatable bonds is 20. The minimum atomic E-state index is -1.68. The zero-order valence-corrected chi connectivity index (χ0v) is 38.8. The number of carbonyl (C=O) groups excluding carboxylic acids is 6. The van der Waals surface area contributed by atoms with Crippen molar-refractivity contribution >= 4 is 116 Å². The maximum Gasteiger partial charge on any atom is 0.258 e. The van der Waals surface area contributed by atoms with Gasteiger partial charge >= 0.3 is 0 Å². The lowest BCUT2D eigenvalue weighted by Gasteiger charge is -2.19. The van der Waals surface area contributed by atoms with Crippen molar-refractivity contribution in [3.05, 3.63) is 129 Å². The van der Waals surface area contributed by atoms with Gasteiger partial charge in [-0.3, -0.25) is 28.8 Å². The van der Waals surface area contributed by atoms with Crippen LogP contribution >= 0.6 is 46.4 Å². The Morgan fingerprint density at radius 2 is 0.909 bits per heavy atom. The summed E-state index contributed by atoms with van der Waals surface area (Å²) in [5.74, 6) is -3.58. The van der Waals surface area contributed by atoms with Gasteiger partial charge in [-0.25, -0.2) is 0 Å². The third-order valence-corrected chi connectivity index (χ3v) is 10.6. The van der Waals surface area contributed by atoms with Crippen molar-refractivity contribution in [2.45, 2.75) is 38.8 Å². The fourth-order valence-corrected chi connectivity index (χ4v) is 6.94. The summed E-state index contributed by atoms with van der Waals surface area (Å²) in [7, 11) is 2.54. The van der Waals surface area contributed by atoms with E-state index in [4.69, 9.17) is 55.9 Å². The highest BCUT2D eigenvalue weighted by Gasteiger charge is 2.29. The van der Waals surface area contributed by atoms with Crippen molar-refractivity contribution in [2.24, 2.45) is 20.5 Å². The summed E-state index contributed by atoms with van der Waals surface area (Å²) in [4.78, 5) is 78.9. The average Bonchev–Trinajstić information content (AvgIpc) is 3.29. The molecule has 5 aromatic rings. The van der Waals surface area contributed by atoms with Crippen molar-refractivity contribution in [1.29, 1.82) is 0 Å². The van der Waals surface area contributed by atoms with Crippen LogP contribution < -0.4 is 30.7 Å². The molecule has 16 nitrogen and oxygen atoms in total. The van der Waals surface area contributed by atoms with Crippen LogP contribution in [0, 0.1) is 0 Å². The monoisotopic (exact) mass is 974 g/mol. The number of amides is 4. The van der Waals surface area contributed by atoms with Crippen LogP contribution in [0.1, 0.15) is 45.7 Å². The molecule has 4 N–H and O–H groups in total. The molecule has 0 aliphatic heterocycles. The second-order valence-electron chi connectivity index (χ2n) is 14.1. The lowest BCUT2D eigenvalue weighted by atomic mass is 10.1. The number of ketones is 2. The van der Waals surface area contributed by atoms with Gasteiger partial charge in [0.2, 0.25) is 12.1 Å². The maximum atomic E-state index is 13.6. The third-order valence-electron chi connectivity index (χ3n) is 9.54. The van der Waals surface area contributed by atoms with Gasteiger partial charge in [0.05, 0.1) is 35.6 Å². The molecule has 66 heavy (non-hydrogen) atoms. The first-order valence-corrected chi connectivity index (χ1v) is 21.7. The van der Waals surface area contributed by atoms with Crippen LogP contribution in [0.15, 0.2) is 118 Å². The Hall–Kier alpha value is -6.72. The number of para-hydroxylation sites is 2. The topological polar surface area (TPSA) is 218 Å². The van der Waals surface area contributed by atoms with Gasteiger partial charge in [-0.15, -0.1) is 23.2 Å². The number of nitrogens with one attached hydrogen (secondary N) is 4. The van der Waals surface area contributed by atoms with Crippen molar-refractivity contribution < 1.29 is 38.2 Å². The molecule has 2 unspecified atom stereocenters. The zero-order valence-electron chi connectivity index (χ0n) is 35.8. The number of aryl methyl sites for hydroxylation is 2. The van der Waals surface area contributed by atoms with Gasteiger partial charge in [-0.1, -0.05) is 59.6 Å². The quantitative estimate of drug-likeness (QED) is 0.0333. The molecule has 0 aliphatic rings. The first-order chi connectivity index (χ1) is 31.7. The first kappa shape index (κ1) is 50.3. The molecular formula is C46H42Cl4N8O8. The van der Waals surface area contributed by atoms with E-state index in [0.29, 0.717) is 36.0 Å². The van der Waals surface area contributed by atoms with Gasteiger partial charge in [-0.2, -0.15) is 20.5 Å². The lowest BCUT2D eigenvalue weighted by Crippen LogP contribution is -2.32. The molecule has 2 atom stereocenters. The molecule has 0 fully saturated rings. The Morgan fingerprint density at radius 1 is 0.530 bits per heavy atom. The number of methoxy groups -OCH3 is 2. The Bertz CT molecular complexity index is 2530. The molecule has 0 spiro atoms. The van der Waals surface area contributed by atoms with E-state index in [1.807, 2.05) is 24.3 Å². The molecule has 0 aromatic heterocycles. The highest BCUT2D eigenvalue weighted by atomic mass is 35.5. The number of hydrogen-bond acceptors (Lipinski definition) is 12. The summed E-state index contributed by atoms with van der Waals surface area (Å²) in [6, 6.07) is 22.3. The van der Waals surface area contributed by atoms with Crippen LogP contribution in [0.4, 0.5) is 34.1 Å². The first-order valence-electron chi connectivity index (χ1n) is 19.9. The van der Waals surface area contributed by atoms with E-state index in [2.05, 4.69) is 41.7 Å². The van der Waals surface area contributed by atoms with Gasteiger partial charge in [-0.05, 0) is 98.5 Å². The number of carbonyl (C=O) groups is 6. The molecule has 0 aliphatic carbocycles. The van der Waals surface area contributed by atoms with Gasteiger partial charge in [0, 0.05) is 34.3 Å². The third kappa shape index (κ3) is 13.0. The molecule has 0 radical (unpaired) electrons. The Labute approximate surface area is 399 Å². The molecule has 5 aromatic carbocycles. The van der Waals surface area contributed by atoms with E-state index in [1.165, 1.54) is 62.8 Å². The molecule has 5 rings (SSSR count). The highest BCUT2D eigenvalue weighted by molar-refractivity contribution is 6.33. The van der Waals surface area contributed by atoms with E-state index in [1.54, 1.807) is 24.3 Å². The SMILES string of the molecule is COc1c(NC(=O)C(N=Nc2cc(C(=O)Nc3ccccc3CCCl)ccc2Cl)C(C)=O)ccc(NC(=O)C(N=Nc2cc(C(=O)Nc3ccccc3CCCl)ccc2Cl)C(C)=O)c1OC. The number of alkyl halides is 2. The predicted octanol–water partition coefficient (Wildman–Crippen LogP) is 10.4. The Kier molecular flexibility index (Phi) is 18.3. The number of ether oxygens (including phenoxy) is 2. The summed E-state index contributed by atoms with van der Waals surface area (Å²) in [6.07, 6.45) is 1.07. The van der Waals surface area contributed by atoms with E-state index < -0.39 is 47.3 Å². The smallest absolute Gasteiger partial charge is 0.258 e. The maximum absolute atomic E-state index is 13.6. The minimum Gasteiger partial charge on any atom is -0.491 e. The van der Waals surface area contributed by atoms with Gasteiger partial charge < -0.3 is 30.7 Å². The number of halogens is 4. The molecule has 342 valence electrons. The summed E-state index contributed by atoms with van der Waals surface area (Å²) >= 11 is 24.6. The molecule has 0 saturated heterocycles. The van der Waals surface area contributed by atoms with Crippen molar-refractivity contribution in [2.75, 3.05) is 47.2 Å². The molecule has 0 bridgehead atoms.